The second kappa shape index (κ2) is 7.83. The summed E-state index contributed by atoms with van der Waals surface area (Å²) < 4.78 is 0. The van der Waals surface area contributed by atoms with Crippen molar-refractivity contribution in [2.75, 3.05) is 18.4 Å². The maximum atomic E-state index is 12.2. The van der Waals surface area contributed by atoms with Gasteiger partial charge in [0.1, 0.15) is 0 Å². The zero-order chi connectivity index (χ0) is 17.6. The van der Waals surface area contributed by atoms with E-state index in [1.807, 2.05) is 61.5 Å². The fourth-order valence-electron chi connectivity index (χ4n) is 2.98. The Labute approximate surface area is 148 Å². The summed E-state index contributed by atoms with van der Waals surface area (Å²) in [5.41, 5.74) is 3.07. The van der Waals surface area contributed by atoms with E-state index in [9.17, 15) is 9.59 Å². The summed E-state index contributed by atoms with van der Waals surface area (Å²) in [4.78, 5) is 25.7. The first-order chi connectivity index (χ1) is 12.2. The molecule has 0 radical (unpaired) electrons. The SMILES string of the molecule is CCN1CC(C(=O)NCc2ccc(Nc3ccccc3)cc2)CC1=O. The number of nitrogens with one attached hydrogen (secondary N) is 2. The van der Waals surface area contributed by atoms with Crippen molar-refractivity contribution >= 4 is 23.2 Å². The Hall–Kier alpha value is -2.82. The molecule has 25 heavy (non-hydrogen) atoms. The topological polar surface area (TPSA) is 61.4 Å². The third kappa shape index (κ3) is 4.38. The van der Waals surface area contributed by atoms with E-state index in [0.29, 0.717) is 26.1 Å². The lowest BCUT2D eigenvalue weighted by Gasteiger charge is -2.14. The van der Waals surface area contributed by atoms with Crippen molar-refractivity contribution in [2.24, 2.45) is 5.92 Å². The maximum Gasteiger partial charge on any atom is 0.225 e. The normalized spacial score (nSPS) is 16.8. The monoisotopic (exact) mass is 337 g/mol. The van der Waals surface area contributed by atoms with Gasteiger partial charge in [0.15, 0.2) is 0 Å². The summed E-state index contributed by atoms with van der Waals surface area (Å²) in [6, 6.07) is 17.9. The molecule has 0 bridgehead atoms. The number of benzene rings is 2. The molecule has 0 saturated carbocycles. The minimum absolute atomic E-state index is 0.0456. The van der Waals surface area contributed by atoms with Gasteiger partial charge in [-0.05, 0) is 36.8 Å². The molecule has 2 aromatic rings. The largest absolute Gasteiger partial charge is 0.356 e. The van der Waals surface area contributed by atoms with Gasteiger partial charge in [0.05, 0.1) is 5.92 Å². The van der Waals surface area contributed by atoms with Crippen molar-refractivity contribution in [3.05, 3.63) is 60.2 Å². The molecule has 130 valence electrons. The fraction of sp³-hybridized carbons (Fsp3) is 0.300. The Morgan fingerprint density at radius 1 is 1.08 bits per heavy atom. The summed E-state index contributed by atoms with van der Waals surface area (Å²) >= 11 is 0. The molecule has 2 aromatic carbocycles. The van der Waals surface area contributed by atoms with Crippen molar-refractivity contribution in [1.82, 2.24) is 10.2 Å². The molecule has 1 saturated heterocycles. The van der Waals surface area contributed by atoms with Crippen molar-refractivity contribution < 1.29 is 9.59 Å². The number of carbonyl (C=O) groups is 2. The molecule has 1 atom stereocenters. The van der Waals surface area contributed by atoms with E-state index in [-0.39, 0.29) is 17.7 Å². The van der Waals surface area contributed by atoms with Gasteiger partial charge in [-0.1, -0.05) is 30.3 Å². The Morgan fingerprint density at radius 3 is 2.40 bits per heavy atom. The van der Waals surface area contributed by atoms with Crippen LogP contribution in [0.1, 0.15) is 18.9 Å². The number of nitrogens with zero attached hydrogens (tertiary/aromatic N) is 1. The van der Waals surface area contributed by atoms with Gasteiger partial charge < -0.3 is 15.5 Å². The van der Waals surface area contributed by atoms with Crippen LogP contribution in [0, 0.1) is 5.92 Å². The molecule has 2 amide bonds. The third-order valence-electron chi connectivity index (χ3n) is 4.45. The van der Waals surface area contributed by atoms with Gasteiger partial charge in [-0.2, -0.15) is 0 Å². The molecule has 0 spiro atoms. The van der Waals surface area contributed by atoms with E-state index in [1.54, 1.807) is 4.90 Å². The van der Waals surface area contributed by atoms with Crippen LogP contribution in [0.4, 0.5) is 11.4 Å². The Balaban J connectivity index is 1.50. The lowest BCUT2D eigenvalue weighted by atomic mass is 10.1. The number of anilines is 2. The molecule has 1 heterocycles. The molecule has 0 aliphatic carbocycles. The fourth-order valence-corrected chi connectivity index (χ4v) is 2.98. The Kier molecular flexibility index (Phi) is 5.33. The molecule has 1 unspecified atom stereocenters. The third-order valence-corrected chi connectivity index (χ3v) is 4.45. The number of hydrogen-bond donors (Lipinski definition) is 2. The van der Waals surface area contributed by atoms with Crippen LogP contribution in [0.5, 0.6) is 0 Å². The smallest absolute Gasteiger partial charge is 0.225 e. The highest BCUT2D eigenvalue weighted by Crippen LogP contribution is 2.19. The van der Waals surface area contributed by atoms with Gasteiger partial charge in [-0.3, -0.25) is 9.59 Å². The molecule has 1 aliphatic rings. The van der Waals surface area contributed by atoms with Crippen LogP contribution in [0.25, 0.3) is 0 Å². The Bertz CT molecular complexity index is 728. The number of rotatable bonds is 6. The van der Waals surface area contributed by atoms with E-state index < -0.39 is 0 Å². The maximum absolute atomic E-state index is 12.2. The van der Waals surface area contributed by atoms with Crippen molar-refractivity contribution in [1.29, 1.82) is 0 Å². The highest BCUT2D eigenvalue weighted by atomic mass is 16.2. The van der Waals surface area contributed by atoms with Crippen LogP contribution >= 0.6 is 0 Å². The summed E-state index contributed by atoms with van der Waals surface area (Å²) in [5.74, 6) is -0.207. The van der Waals surface area contributed by atoms with Crippen LogP contribution in [0.3, 0.4) is 0 Å². The van der Waals surface area contributed by atoms with Crippen molar-refractivity contribution in [3.63, 3.8) is 0 Å². The summed E-state index contributed by atoms with van der Waals surface area (Å²) in [5, 5.41) is 6.26. The number of para-hydroxylation sites is 1. The summed E-state index contributed by atoms with van der Waals surface area (Å²) in [7, 11) is 0. The van der Waals surface area contributed by atoms with Crippen LogP contribution in [0.2, 0.25) is 0 Å². The van der Waals surface area contributed by atoms with Crippen LogP contribution in [-0.4, -0.2) is 29.8 Å². The summed E-state index contributed by atoms with van der Waals surface area (Å²) in [6.45, 7) is 3.60. The first-order valence-corrected chi connectivity index (χ1v) is 8.62. The van der Waals surface area contributed by atoms with E-state index in [0.717, 1.165) is 16.9 Å². The second-order valence-electron chi connectivity index (χ2n) is 6.24. The highest BCUT2D eigenvalue weighted by molar-refractivity contribution is 5.89. The minimum Gasteiger partial charge on any atom is -0.356 e. The van der Waals surface area contributed by atoms with Gasteiger partial charge in [-0.25, -0.2) is 0 Å². The zero-order valence-electron chi connectivity index (χ0n) is 14.4. The Morgan fingerprint density at radius 2 is 1.76 bits per heavy atom. The van der Waals surface area contributed by atoms with E-state index >= 15 is 0 Å². The van der Waals surface area contributed by atoms with Gasteiger partial charge in [-0.15, -0.1) is 0 Å². The minimum atomic E-state index is -0.230. The zero-order valence-corrected chi connectivity index (χ0v) is 14.4. The van der Waals surface area contributed by atoms with Gasteiger partial charge in [0, 0.05) is 37.4 Å². The van der Waals surface area contributed by atoms with E-state index in [1.165, 1.54) is 0 Å². The first kappa shape index (κ1) is 17.0. The molecule has 1 aliphatic heterocycles. The number of likely N-dealkylation sites (tertiary alicyclic amines) is 1. The van der Waals surface area contributed by atoms with E-state index in [4.69, 9.17) is 0 Å². The number of carbonyl (C=O) groups excluding carboxylic acids is 2. The molecular formula is C20H23N3O2. The van der Waals surface area contributed by atoms with Crippen LogP contribution in [0.15, 0.2) is 54.6 Å². The van der Waals surface area contributed by atoms with Gasteiger partial charge in [0.2, 0.25) is 11.8 Å². The molecule has 0 aromatic heterocycles. The predicted octanol–water partition coefficient (Wildman–Crippen LogP) is 2.91. The number of amides is 2. The molecule has 5 nitrogen and oxygen atoms in total. The molecular weight excluding hydrogens is 314 g/mol. The van der Waals surface area contributed by atoms with E-state index in [2.05, 4.69) is 10.6 Å². The van der Waals surface area contributed by atoms with Crippen molar-refractivity contribution in [3.8, 4) is 0 Å². The van der Waals surface area contributed by atoms with Gasteiger partial charge >= 0.3 is 0 Å². The molecule has 2 N–H and O–H groups in total. The van der Waals surface area contributed by atoms with Crippen LogP contribution < -0.4 is 10.6 Å². The van der Waals surface area contributed by atoms with Crippen molar-refractivity contribution in [2.45, 2.75) is 19.9 Å². The highest BCUT2D eigenvalue weighted by Gasteiger charge is 2.33. The first-order valence-electron chi connectivity index (χ1n) is 8.62. The molecule has 1 fully saturated rings. The lowest BCUT2D eigenvalue weighted by Crippen LogP contribution is -2.32. The average molecular weight is 337 g/mol. The van der Waals surface area contributed by atoms with Crippen LogP contribution in [-0.2, 0) is 16.1 Å². The summed E-state index contributed by atoms with van der Waals surface area (Å²) in [6.07, 6.45) is 0.319. The quantitative estimate of drug-likeness (QED) is 0.852. The molecule has 5 heteroatoms. The lowest BCUT2D eigenvalue weighted by molar-refractivity contribution is -0.128. The number of hydrogen-bond acceptors (Lipinski definition) is 3. The second-order valence-corrected chi connectivity index (χ2v) is 6.24. The standard InChI is InChI=1S/C20H23N3O2/c1-2-23-14-16(12-19(23)24)20(25)21-13-15-8-10-18(11-9-15)22-17-6-4-3-5-7-17/h3-11,16,22H,2,12-14H2,1H3,(H,21,25). The average Bonchev–Trinajstić information content (AvgIpc) is 3.03. The van der Waals surface area contributed by atoms with Gasteiger partial charge in [0.25, 0.3) is 0 Å². The molecule has 3 rings (SSSR count). The predicted molar refractivity (Wildman–Crippen MR) is 98.4 cm³/mol.